The molecule has 8 aromatic rings. The minimum atomic E-state index is -0.741. The maximum atomic E-state index is 6.90. The number of fused-ring (bicyclic) bond motifs is 3. The van der Waals surface area contributed by atoms with E-state index in [9.17, 15) is 0 Å². The van der Waals surface area contributed by atoms with Crippen molar-refractivity contribution >= 4 is 0 Å². The topological polar surface area (TPSA) is 39.9 Å². The van der Waals surface area contributed by atoms with E-state index in [1.165, 1.54) is 61.2 Å². The Morgan fingerprint density at radius 3 is 1.66 bits per heavy atom. The van der Waals surface area contributed by atoms with Crippen LogP contribution in [0.2, 0.25) is 0 Å². The molecule has 4 nitrogen and oxygen atoms in total. The zero-order valence-electron chi connectivity index (χ0n) is 39.7. The van der Waals surface area contributed by atoms with E-state index in [2.05, 4.69) is 221 Å². The second-order valence-corrected chi connectivity index (χ2v) is 21.1. The number of rotatable bonds is 7. The van der Waals surface area contributed by atoms with Gasteiger partial charge in [-0.25, -0.2) is 4.98 Å². The van der Waals surface area contributed by atoms with Crippen LogP contribution in [0.3, 0.4) is 0 Å². The Morgan fingerprint density at radius 1 is 0.500 bits per heavy atom. The van der Waals surface area contributed by atoms with Crippen molar-refractivity contribution in [3.63, 3.8) is 0 Å². The number of hydrogen-bond acceptors (Lipinski definition) is 3. The third-order valence-corrected chi connectivity index (χ3v) is 13.2. The first-order valence-corrected chi connectivity index (χ1v) is 22.7. The molecule has 0 radical (unpaired) electrons. The van der Waals surface area contributed by atoms with Gasteiger partial charge >= 0.3 is 0 Å². The number of benzene rings is 6. The molecule has 0 fully saturated rings. The van der Waals surface area contributed by atoms with E-state index in [0.717, 1.165) is 45.4 Å². The summed E-state index contributed by atoms with van der Waals surface area (Å²) in [5.41, 5.74) is 18.2. The van der Waals surface area contributed by atoms with Crippen LogP contribution in [0.5, 0.6) is 11.5 Å². The predicted octanol–water partition coefficient (Wildman–Crippen LogP) is 15.6. The number of ether oxygens (including phenoxy) is 1. The highest BCUT2D eigenvalue weighted by Gasteiger charge is 2.48. The number of aromatic nitrogens is 3. The second kappa shape index (κ2) is 15.6. The van der Waals surface area contributed by atoms with Gasteiger partial charge in [0.25, 0.3) is 0 Å². The van der Waals surface area contributed by atoms with Crippen molar-refractivity contribution in [1.82, 2.24) is 14.5 Å². The molecule has 6 aromatic carbocycles. The van der Waals surface area contributed by atoms with E-state index in [4.69, 9.17) is 14.7 Å². The van der Waals surface area contributed by atoms with Crippen molar-refractivity contribution in [2.75, 3.05) is 0 Å². The summed E-state index contributed by atoms with van der Waals surface area (Å²) >= 11 is 0. The molecule has 1 aliphatic rings. The van der Waals surface area contributed by atoms with Gasteiger partial charge in [0, 0.05) is 29.7 Å². The Labute approximate surface area is 381 Å². The van der Waals surface area contributed by atoms with Gasteiger partial charge in [0.1, 0.15) is 17.3 Å². The summed E-state index contributed by atoms with van der Waals surface area (Å²) in [6, 6.07) is 49.1. The average Bonchev–Trinajstić information content (AvgIpc) is 3.84. The number of hydrogen-bond donors (Lipinski definition) is 0. The molecule has 0 saturated carbocycles. The highest BCUT2D eigenvalue weighted by atomic mass is 16.5. The van der Waals surface area contributed by atoms with Crippen molar-refractivity contribution < 1.29 is 4.74 Å². The fourth-order valence-electron chi connectivity index (χ4n) is 9.82. The number of nitrogens with zero attached hydrogens (tertiary/aromatic N) is 3. The van der Waals surface area contributed by atoms with Crippen LogP contribution in [-0.2, 0) is 21.7 Å². The lowest BCUT2D eigenvalue weighted by Crippen LogP contribution is -2.31. The first-order valence-electron chi connectivity index (χ1n) is 22.7. The molecule has 0 N–H and O–H groups in total. The van der Waals surface area contributed by atoms with Crippen LogP contribution in [0, 0.1) is 20.8 Å². The molecular weight excluding hydrogens is 779 g/mol. The van der Waals surface area contributed by atoms with Gasteiger partial charge in [-0.15, -0.1) is 0 Å². The van der Waals surface area contributed by atoms with E-state index in [1.54, 1.807) is 0 Å². The lowest BCUT2D eigenvalue weighted by atomic mass is 9.68. The Balaban J connectivity index is 1.21. The van der Waals surface area contributed by atoms with Crippen molar-refractivity contribution in [3.05, 3.63) is 208 Å². The summed E-state index contributed by atoms with van der Waals surface area (Å²) in [6.07, 6.45) is 6.00. The Bertz CT molecular complexity index is 2970. The van der Waals surface area contributed by atoms with Gasteiger partial charge < -0.3 is 4.74 Å². The van der Waals surface area contributed by atoms with Crippen LogP contribution in [-0.4, -0.2) is 14.5 Å². The minimum absolute atomic E-state index is 0.0382. The van der Waals surface area contributed by atoms with Crippen LogP contribution in [0.1, 0.15) is 118 Å². The molecule has 1 aliphatic carbocycles. The molecule has 0 atom stereocenters. The fourth-order valence-corrected chi connectivity index (χ4v) is 9.82. The van der Waals surface area contributed by atoms with Crippen LogP contribution in [0.25, 0.3) is 39.3 Å². The summed E-state index contributed by atoms with van der Waals surface area (Å²) in [6.45, 7) is 27.1. The molecule has 0 bridgehead atoms. The monoisotopic (exact) mass is 839 g/mol. The van der Waals surface area contributed by atoms with Crippen molar-refractivity contribution in [1.29, 1.82) is 0 Å². The lowest BCUT2D eigenvalue weighted by molar-refractivity contribution is 0.481. The van der Waals surface area contributed by atoms with Crippen LogP contribution < -0.4 is 4.74 Å². The molecule has 0 unspecified atom stereocenters. The van der Waals surface area contributed by atoms with Crippen LogP contribution in [0.15, 0.2) is 152 Å². The maximum Gasteiger partial charge on any atom is 0.144 e. The average molecular weight is 840 g/mol. The highest BCUT2D eigenvalue weighted by molar-refractivity contribution is 5.87. The molecule has 9 rings (SSSR count). The van der Waals surface area contributed by atoms with Gasteiger partial charge in [0.15, 0.2) is 0 Å². The largest absolute Gasteiger partial charge is 0.457 e. The first-order chi connectivity index (χ1) is 30.3. The lowest BCUT2D eigenvalue weighted by Gasteiger charge is -2.34. The molecule has 2 aromatic heterocycles. The van der Waals surface area contributed by atoms with E-state index in [-0.39, 0.29) is 16.2 Å². The molecule has 0 spiro atoms. The van der Waals surface area contributed by atoms with E-state index in [1.807, 2.05) is 18.5 Å². The molecule has 64 heavy (non-hydrogen) atoms. The van der Waals surface area contributed by atoms with Crippen LogP contribution in [0.4, 0.5) is 0 Å². The van der Waals surface area contributed by atoms with Gasteiger partial charge in [-0.1, -0.05) is 171 Å². The van der Waals surface area contributed by atoms with Gasteiger partial charge in [-0.2, -0.15) is 0 Å². The molecular formula is C60H61N3O. The van der Waals surface area contributed by atoms with Crippen molar-refractivity contribution in [2.45, 2.75) is 105 Å². The molecule has 322 valence electrons. The van der Waals surface area contributed by atoms with Gasteiger partial charge in [0.05, 0.1) is 16.8 Å². The highest BCUT2D eigenvalue weighted by Crippen LogP contribution is 2.57. The van der Waals surface area contributed by atoms with Crippen molar-refractivity contribution in [3.8, 4) is 50.8 Å². The smallest absolute Gasteiger partial charge is 0.144 e. The molecule has 2 heterocycles. The summed E-state index contributed by atoms with van der Waals surface area (Å²) in [5, 5.41) is 0. The molecule has 0 aliphatic heterocycles. The Kier molecular flexibility index (Phi) is 10.4. The summed E-state index contributed by atoms with van der Waals surface area (Å²) in [5.74, 6) is 2.37. The fraction of sp³-hybridized carbons (Fsp3) is 0.267. The third-order valence-electron chi connectivity index (χ3n) is 13.2. The summed E-state index contributed by atoms with van der Waals surface area (Å²) in [4.78, 5) is 10.4. The SMILES string of the molecule is Cc1cc(C)c(-n2ccnc2-c2cccc(Oc3cccc(C4(c5ccc(-c6cccc(C(C)(C)C)c6)cn5)c5cc(C(C)(C)C)ccc5-c5ccc(C(C)(C)C)cc54)c3)c2)c(C)c1. The third kappa shape index (κ3) is 7.57. The standard InChI is InChI=1S/C60H61N3O/c1-38-30-39(2)55(40(3)31-38)63-29-28-61-56(63)42-17-14-20-48(33-42)64-49-21-15-19-47(34-49)60(54-27-22-43(37-62-54)41-16-13-18-44(32-41)57(4,5)6)52-35-45(58(7,8)9)23-25-50(52)51-26-24-46(36-53(51)60)59(10,11)12/h13-37H,1-12H3. The normalized spacial score (nSPS) is 13.4. The zero-order chi connectivity index (χ0) is 45.3. The second-order valence-electron chi connectivity index (χ2n) is 21.1. The molecule has 4 heteroatoms. The first kappa shape index (κ1) is 42.8. The molecule has 0 amide bonds. The van der Waals surface area contributed by atoms with E-state index in [0.29, 0.717) is 0 Å². The maximum absolute atomic E-state index is 6.90. The summed E-state index contributed by atoms with van der Waals surface area (Å²) in [7, 11) is 0. The number of aryl methyl sites for hydroxylation is 3. The van der Waals surface area contributed by atoms with Crippen molar-refractivity contribution in [2.24, 2.45) is 0 Å². The minimum Gasteiger partial charge on any atom is -0.457 e. The summed E-state index contributed by atoms with van der Waals surface area (Å²) < 4.78 is 9.09. The van der Waals surface area contributed by atoms with E-state index < -0.39 is 5.41 Å². The van der Waals surface area contributed by atoms with Gasteiger partial charge in [0.2, 0.25) is 0 Å². The quantitative estimate of drug-likeness (QED) is 0.160. The number of pyridine rings is 1. The van der Waals surface area contributed by atoms with Gasteiger partial charge in [-0.05, 0) is 129 Å². The number of imidazole rings is 1. The Morgan fingerprint density at radius 2 is 1.06 bits per heavy atom. The Hall–Kier alpha value is -6.52. The zero-order valence-corrected chi connectivity index (χ0v) is 39.7. The molecule has 0 saturated heterocycles. The van der Waals surface area contributed by atoms with Crippen LogP contribution >= 0.6 is 0 Å². The van der Waals surface area contributed by atoms with Gasteiger partial charge in [-0.3, -0.25) is 9.55 Å². The predicted molar refractivity (Wildman–Crippen MR) is 266 cm³/mol. The van der Waals surface area contributed by atoms with E-state index >= 15 is 0 Å².